The van der Waals surface area contributed by atoms with Crippen LogP contribution in [-0.2, 0) is 4.74 Å². The molecule has 1 unspecified atom stereocenters. The van der Waals surface area contributed by atoms with E-state index in [-0.39, 0.29) is 29.2 Å². The molecule has 2 heterocycles. The van der Waals surface area contributed by atoms with Gasteiger partial charge in [0.1, 0.15) is 6.10 Å². The van der Waals surface area contributed by atoms with Crippen molar-refractivity contribution in [3.8, 4) is 0 Å². The minimum Gasteiger partial charge on any atom is -0.443 e. The van der Waals surface area contributed by atoms with Crippen LogP contribution in [0.2, 0.25) is 0 Å². The number of carbonyl (C=O) groups excluding carboxylic acids is 1. The average Bonchev–Trinajstić information content (AvgIpc) is 2.61. The number of halogens is 1. The fraction of sp³-hybridized carbons (Fsp3) is 0.917. The van der Waals surface area contributed by atoms with E-state index in [0.29, 0.717) is 0 Å². The molecule has 0 bridgehead atoms. The second-order valence-corrected chi connectivity index (χ2v) is 4.81. The van der Waals surface area contributed by atoms with Gasteiger partial charge in [-0.05, 0) is 32.4 Å². The van der Waals surface area contributed by atoms with Gasteiger partial charge in [-0.2, -0.15) is 0 Å². The molecule has 1 atom stereocenters. The van der Waals surface area contributed by atoms with Gasteiger partial charge in [-0.1, -0.05) is 13.3 Å². The molecule has 2 aliphatic heterocycles. The highest BCUT2D eigenvalue weighted by molar-refractivity contribution is 8.93. The Morgan fingerprint density at radius 2 is 2.00 bits per heavy atom. The molecule has 0 radical (unpaired) electrons. The molecule has 2 fully saturated rings. The smallest absolute Gasteiger partial charge is 0.410 e. The van der Waals surface area contributed by atoms with Gasteiger partial charge in [0.25, 0.3) is 0 Å². The Balaban J connectivity index is 0.00000144. The number of nitrogens with zero attached hydrogens (tertiary/aromatic N) is 2. The van der Waals surface area contributed by atoms with Crippen molar-refractivity contribution in [2.24, 2.45) is 0 Å². The lowest BCUT2D eigenvalue weighted by Crippen LogP contribution is -2.38. The molecule has 0 aromatic rings. The van der Waals surface area contributed by atoms with Crippen LogP contribution in [0.15, 0.2) is 0 Å². The molecule has 2 rings (SSSR count). The summed E-state index contributed by atoms with van der Waals surface area (Å²) in [6.45, 7) is 6.96. The Labute approximate surface area is 114 Å². The van der Waals surface area contributed by atoms with E-state index in [0.717, 1.165) is 26.1 Å². The molecule has 0 saturated carbocycles. The molecule has 0 spiro atoms. The predicted molar refractivity (Wildman–Crippen MR) is 72.7 cm³/mol. The Kier molecular flexibility index (Phi) is 6.27. The molecule has 2 aliphatic rings. The third-order valence-electron chi connectivity index (χ3n) is 3.35. The highest BCUT2D eigenvalue weighted by Gasteiger charge is 2.31. The summed E-state index contributed by atoms with van der Waals surface area (Å²) >= 11 is 0. The van der Waals surface area contributed by atoms with Gasteiger partial charge in [0.05, 0.1) is 6.54 Å². The van der Waals surface area contributed by atoms with Crippen LogP contribution in [0.1, 0.15) is 32.6 Å². The van der Waals surface area contributed by atoms with Gasteiger partial charge < -0.3 is 9.64 Å². The number of amides is 1. The lowest BCUT2D eigenvalue weighted by atomic mass is 10.1. The highest BCUT2D eigenvalue weighted by Crippen LogP contribution is 2.15. The van der Waals surface area contributed by atoms with E-state index in [4.69, 9.17) is 4.74 Å². The molecule has 2 saturated heterocycles. The zero-order valence-corrected chi connectivity index (χ0v) is 12.3. The molecule has 17 heavy (non-hydrogen) atoms. The van der Waals surface area contributed by atoms with Crippen LogP contribution >= 0.6 is 17.0 Å². The fourth-order valence-corrected chi connectivity index (χ4v) is 2.55. The summed E-state index contributed by atoms with van der Waals surface area (Å²) in [5.41, 5.74) is 0. The van der Waals surface area contributed by atoms with Crippen LogP contribution in [0.5, 0.6) is 0 Å². The normalized spacial score (nSPS) is 25.6. The molecule has 0 aliphatic carbocycles. The van der Waals surface area contributed by atoms with Gasteiger partial charge in [0.15, 0.2) is 0 Å². The maximum absolute atomic E-state index is 11.5. The number of ether oxygens (including phenoxy) is 1. The van der Waals surface area contributed by atoms with Crippen LogP contribution in [-0.4, -0.2) is 54.7 Å². The molecular formula is C12H23BrN2O2. The standard InChI is InChI=1S/C12H22N2O2.BrH/c1-2-6-14-10-11(16-12(14)15)9-13-7-4-3-5-8-13;/h11H,2-10H2,1H3;1H. The van der Waals surface area contributed by atoms with Crippen LogP contribution in [0.4, 0.5) is 4.79 Å². The lowest BCUT2D eigenvalue weighted by Gasteiger charge is -2.27. The summed E-state index contributed by atoms with van der Waals surface area (Å²) < 4.78 is 5.37. The first kappa shape index (κ1) is 14.8. The maximum Gasteiger partial charge on any atom is 0.410 e. The first-order valence-electron chi connectivity index (χ1n) is 6.47. The monoisotopic (exact) mass is 306 g/mol. The van der Waals surface area contributed by atoms with E-state index >= 15 is 0 Å². The van der Waals surface area contributed by atoms with Gasteiger partial charge in [0.2, 0.25) is 0 Å². The minimum atomic E-state index is -0.121. The van der Waals surface area contributed by atoms with Crippen LogP contribution in [0, 0.1) is 0 Å². The molecule has 1 amide bonds. The van der Waals surface area contributed by atoms with Crippen molar-refractivity contribution < 1.29 is 9.53 Å². The second-order valence-electron chi connectivity index (χ2n) is 4.81. The molecule has 5 heteroatoms. The minimum absolute atomic E-state index is 0. The molecule has 0 aromatic carbocycles. The number of carbonyl (C=O) groups is 1. The topological polar surface area (TPSA) is 32.8 Å². The third-order valence-corrected chi connectivity index (χ3v) is 3.35. The van der Waals surface area contributed by atoms with Crippen LogP contribution in [0.3, 0.4) is 0 Å². The van der Waals surface area contributed by atoms with Gasteiger partial charge in [0, 0.05) is 13.1 Å². The van der Waals surface area contributed by atoms with Crippen molar-refractivity contribution >= 4 is 23.1 Å². The van der Waals surface area contributed by atoms with Crippen LogP contribution in [0.25, 0.3) is 0 Å². The zero-order chi connectivity index (χ0) is 11.4. The number of likely N-dealkylation sites (tertiary alicyclic amines) is 1. The number of rotatable bonds is 4. The first-order chi connectivity index (χ1) is 7.79. The first-order valence-corrected chi connectivity index (χ1v) is 6.47. The quantitative estimate of drug-likeness (QED) is 0.799. The van der Waals surface area contributed by atoms with E-state index in [9.17, 15) is 4.79 Å². The average molecular weight is 307 g/mol. The van der Waals surface area contributed by atoms with E-state index < -0.39 is 0 Å². The summed E-state index contributed by atoms with van der Waals surface area (Å²) in [6.07, 6.45) is 4.91. The highest BCUT2D eigenvalue weighted by atomic mass is 79.9. The Morgan fingerprint density at radius 1 is 1.29 bits per heavy atom. The van der Waals surface area contributed by atoms with E-state index in [2.05, 4.69) is 11.8 Å². The fourth-order valence-electron chi connectivity index (χ4n) is 2.55. The van der Waals surface area contributed by atoms with Crippen molar-refractivity contribution in [2.45, 2.75) is 38.7 Å². The molecule has 4 nitrogen and oxygen atoms in total. The summed E-state index contributed by atoms with van der Waals surface area (Å²) in [4.78, 5) is 15.8. The largest absolute Gasteiger partial charge is 0.443 e. The number of hydrogen-bond donors (Lipinski definition) is 0. The van der Waals surface area contributed by atoms with E-state index in [1.165, 1.54) is 32.4 Å². The number of cyclic esters (lactones) is 1. The molecule has 0 N–H and O–H groups in total. The van der Waals surface area contributed by atoms with Crippen molar-refractivity contribution in [1.29, 1.82) is 0 Å². The van der Waals surface area contributed by atoms with Gasteiger partial charge in [-0.15, -0.1) is 17.0 Å². The molecule has 0 aromatic heterocycles. The Hall–Kier alpha value is -0.290. The SMILES string of the molecule is Br.CCCN1CC(CN2CCCCC2)OC1=O. The molecular weight excluding hydrogens is 284 g/mol. The summed E-state index contributed by atoms with van der Waals surface area (Å²) in [7, 11) is 0. The van der Waals surface area contributed by atoms with E-state index in [1.54, 1.807) is 0 Å². The Morgan fingerprint density at radius 3 is 2.65 bits per heavy atom. The van der Waals surface area contributed by atoms with Gasteiger partial charge in [-0.25, -0.2) is 4.79 Å². The predicted octanol–water partition coefficient (Wildman–Crippen LogP) is 2.28. The Bertz CT molecular complexity index is 245. The lowest BCUT2D eigenvalue weighted by molar-refractivity contribution is 0.0990. The maximum atomic E-state index is 11.5. The molecule has 100 valence electrons. The third kappa shape index (κ3) is 4.14. The summed E-state index contributed by atoms with van der Waals surface area (Å²) in [5.74, 6) is 0. The van der Waals surface area contributed by atoms with Crippen LogP contribution < -0.4 is 0 Å². The number of piperidine rings is 1. The summed E-state index contributed by atoms with van der Waals surface area (Å²) in [5, 5.41) is 0. The van der Waals surface area contributed by atoms with E-state index in [1.807, 2.05) is 4.90 Å². The van der Waals surface area contributed by atoms with Crippen molar-refractivity contribution in [3.63, 3.8) is 0 Å². The number of hydrogen-bond acceptors (Lipinski definition) is 3. The van der Waals surface area contributed by atoms with Crippen molar-refractivity contribution in [2.75, 3.05) is 32.7 Å². The second kappa shape index (κ2) is 7.21. The van der Waals surface area contributed by atoms with Gasteiger partial charge in [-0.3, -0.25) is 4.90 Å². The van der Waals surface area contributed by atoms with Gasteiger partial charge >= 0.3 is 6.09 Å². The van der Waals surface area contributed by atoms with Crippen molar-refractivity contribution in [1.82, 2.24) is 9.80 Å². The zero-order valence-electron chi connectivity index (χ0n) is 10.6. The van der Waals surface area contributed by atoms with Crippen molar-refractivity contribution in [3.05, 3.63) is 0 Å². The summed E-state index contributed by atoms with van der Waals surface area (Å²) in [6, 6.07) is 0.